The highest BCUT2D eigenvalue weighted by Gasteiger charge is 2.22. The number of fused-ring (bicyclic) bond motifs is 1. The standard InChI is InChI=1S/C15H21N7/c1-15(2,3)14-18-17-12-6-7-13(19-22(12)14)20(4)9-11-8-16-21(5)10-11/h6-8,10H,9H2,1-5H3. The summed E-state index contributed by atoms with van der Waals surface area (Å²) >= 11 is 0. The Bertz CT molecular complexity index is 794. The van der Waals surface area contributed by atoms with E-state index < -0.39 is 0 Å². The van der Waals surface area contributed by atoms with Crippen molar-refractivity contribution in [1.29, 1.82) is 0 Å². The first-order valence-corrected chi connectivity index (χ1v) is 7.26. The maximum absolute atomic E-state index is 4.69. The second kappa shape index (κ2) is 5.08. The molecule has 3 rings (SSSR count). The van der Waals surface area contributed by atoms with Crippen LogP contribution in [0.25, 0.3) is 5.65 Å². The van der Waals surface area contributed by atoms with Gasteiger partial charge in [0.15, 0.2) is 11.5 Å². The van der Waals surface area contributed by atoms with Gasteiger partial charge in [0, 0.05) is 37.8 Å². The number of nitrogens with zero attached hydrogens (tertiary/aromatic N) is 7. The first-order valence-electron chi connectivity index (χ1n) is 7.26. The Balaban J connectivity index is 1.93. The summed E-state index contributed by atoms with van der Waals surface area (Å²) in [5.41, 5.74) is 1.81. The van der Waals surface area contributed by atoms with Gasteiger partial charge in [0.05, 0.1) is 6.20 Å². The number of aromatic nitrogens is 6. The van der Waals surface area contributed by atoms with Gasteiger partial charge in [-0.05, 0) is 12.1 Å². The van der Waals surface area contributed by atoms with Crippen molar-refractivity contribution < 1.29 is 0 Å². The number of anilines is 1. The van der Waals surface area contributed by atoms with Crippen LogP contribution in [0.1, 0.15) is 32.2 Å². The average Bonchev–Trinajstić information content (AvgIpc) is 3.03. The molecule has 22 heavy (non-hydrogen) atoms. The van der Waals surface area contributed by atoms with Crippen molar-refractivity contribution in [2.24, 2.45) is 7.05 Å². The normalized spacial score (nSPS) is 12.0. The van der Waals surface area contributed by atoms with E-state index in [1.165, 1.54) is 0 Å². The zero-order chi connectivity index (χ0) is 15.9. The summed E-state index contributed by atoms with van der Waals surface area (Å²) in [7, 11) is 3.93. The summed E-state index contributed by atoms with van der Waals surface area (Å²) in [5.74, 6) is 1.74. The van der Waals surface area contributed by atoms with Gasteiger partial charge in [-0.3, -0.25) is 4.68 Å². The predicted octanol–water partition coefficient (Wildman–Crippen LogP) is 1.79. The molecule has 0 fully saturated rings. The summed E-state index contributed by atoms with van der Waals surface area (Å²) in [6.07, 6.45) is 3.88. The van der Waals surface area contributed by atoms with Crippen molar-refractivity contribution in [2.75, 3.05) is 11.9 Å². The zero-order valence-corrected chi connectivity index (χ0v) is 13.6. The summed E-state index contributed by atoms with van der Waals surface area (Å²) in [5, 5.41) is 17.4. The van der Waals surface area contributed by atoms with Crippen molar-refractivity contribution in [1.82, 2.24) is 29.6 Å². The van der Waals surface area contributed by atoms with Gasteiger partial charge in [0.2, 0.25) is 0 Å². The minimum absolute atomic E-state index is 0.104. The van der Waals surface area contributed by atoms with Crippen molar-refractivity contribution >= 4 is 11.5 Å². The largest absolute Gasteiger partial charge is 0.354 e. The zero-order valence-electron chi connectivity index (χ0n) is 13.6. The van der Waals surface area contributed by atoms with Gasteiger partial charge in [-0.1, -0.05) is 20.8 Å². The molecule has 0 aliphatic heterocycles. The fourth-order valence-corrected chi connectivity index (χ4v) is 2.36. The van der Waals surface area contributed by atoms with E-state index >= 15 is 0 Å². The number of rotatable bonds is 3. The van der Waals surface area contributed by atoms with Gasteiger partial charge in [0.1, 0.15) is 5.82 Å². The van der Waals surface area contributed by atoms with Crippen LogP contribution in [0.5, 0.6) is 0 Å². The van der Waals surface area contributed by atoms with E-state index in [0.29, 0.717) is 0 Å². The monoisotopic (exact) mass is 299 g/mol. The molecule has 0 aromatic carbocycles. The lowest BCUT2D eigenvalue weighted by molar-refractivity contribution is 0.526. The second-order valence-electron chi connectivity index (χ2n) is 6.61. The molecule has 3 heterocycles. The summed E-state index contributed by atoms with van der Waals surface area (Å²) in [6.45, 7) is 7.07. The van der Waals surface area contributed by atoms with E-state index in [-0.39, 0.29) is 5.41 Å². The van der Waals surface area contributed by atoms with Gasteiger partial charge in [-0.25, -0.2) is 0 Å². The minimum Gasteiger partial charge on any atom is -0.354 e. The molecule has 0 spiro atoms. The summed E-state index contributed by atoms with van der Waals surface area (Å²) < 4.78 is 3.63. The maximum atomic E-state index is 4.69. The van der Waals surface area contributed by atoms with Gasteiger partial charge < -0.3 is 4.90 Å². The fraction of sp³-hybridized carbons (Fsp3) is 0.467. The second-order valence-corrected chi connectivity index (χ2v) is 6.61. The smallest absolute Gasteiger partial charge is 0.178 e. The van der Waals surface area contributed by atoms with Crippen molar-refractivity contribution in [3.05, 3.63) is 35.9 Å². The lowest BCUT2D eigenvalue weighted by Gasteiger charge is -2.19. The van der Waals surface area contributed by atoms with Gasteiger partial charge >= 0.3 is 0 Å². The molecule has 7 nitrogen and oxygen atoms in total. The van der Waals surface area contributed by atoms with Gasteiger partial charge in [-0.2, -0.15) is 9.61 Å². The molecular weight excluding hydrogens is 278 g/mol. The Morgan fingerprint density at radius 2 is 1.95 bits per heavy atom. The van der Waals surface area contributed by atoms with Gasteiger partial charge in [-0.15, -0.1) is 15.3 Å². The SMILES string of the molecule is CN(Cc1cnn(C)c1)c1ccc2nnc(C(C)(C)C)n2n1. The molecule has 0 N–H and O–H groups in total. The number of hydrogen-bond acceptors (Lipinski definition) is 5. The highest BCUT2D eigenvalue weighted by Crippen LogP contribution is 2.21. The van der Waals surface area contributed by atoms with E-state index in [9.17, 15) is 0 Å². The van der Waals surface area contributed by atoms with Crippen LogP contribution < -0.4 is 4.90 Å². The Labute approximate surface area is 129 Å². The minimum atomic E-state index is -0.104. The van der Waals surface area contributed by atoms with Crippen LogP contribution in [0.3, 0.4) is 0 Å². The third kappa shape index (κ3) is 2.66. The lowest BCUT2D eigenvalue weighted by atomic mass is 9.96. The molecule has 0 aliphatic rings. The van der Waals surface area contributed by atoms with E-state index in [4.69, 9.17) is 5.10 Å². The Kier molecular flexibility index (Phi) is 3.35. The van der Waals surface area contributed by atoms with Crippen LogP contribution in [0.2, 0.25) is 0 Å². The molecule has 7 heteroatoms. The molecule has 0 unspecified atom stereocenters. The summed E-state index contributed by atoms with van der Waals surface area (Å²) in [4.78, 5) is 2.09. The first kappa shape index (κ1) is 14.5. The van der Waals surface area contributed by atoms with Crippen LogP contribution in [-0.4, -0.2) is 36.6 Å². The molecule has 0 amide bonds. The van der Waals surface area contributed by atoms with Crippen LogP contribution in [0.4, 0.5) is 5.82 Å². The summed E-state index contributed by atoms with van der Waals surface area (Å²) in [6, 6.07) is 3.91. The molecule has 0 saturated carbocycles. The molecule has 0 bridgehead atoms. The lowest BCUT2D eigenvalue weighted by Crippen LogP contribution is -2.21. The molecule has 0 radical (unpaired) electrons. The van der Waals surface area contributed by atoms with E-state index in [2.05, 4.69) is 41.0 Å². The predicted molar refractivity (Wildman–Crippen MR) is 84.8 cm³/mol. The van der Waals surface area contributed by atoms with E-state index in [1.54, 1.807) is 4.68 Å². The first-order chi connectivity index (χ1) is 10.3. The molecule has 0 aliphatic carbocycles. The van der Waals surface area contributed by atoms with E-state index in [0.717, 1.165) is 29.4 Å². The highest BCUT2D eigenvalue weighted by atomic mass is 15.4. The molecule has 116 valence electrons. The third-order valence-corrected chi connectivity index (χ3v) is 3.49. The number of aryl methyl sites for hydroxylation is 1. The van der Waals surface area contributed by atoms with Crippen LogP contribution in [0.15, 0.2) is 24.5 Å². The van der Waals surface area contributed by atoms with Crippen molar-refractivity contribution in [3.8, 4) is 0 Å². The van der Waals surface area contributed by atoms with Gasteiger partial charge in [0.25, 0.3) is 0 Å². The fourth-order valence-electron chi connectivity index (χ4n) is 2.36. The molecule has 0 saturated heterocycles. The molecule has 0 atom stereocenters. The quantitative estimate of drug-likeness (QED) is 0.738. The Morgan fingerprint density at radius 3 is 2.59 bits per heavy atom. The van der Waals surface area contributed by atoms with Crippen LogP contribution in [-0.2, 0) is 19.0 Å². The molecule has 3 aromatic heterocycles. The third-order valence-electron chi connectivity index (χ3n) is 3.49. The Morgan fingerprint density at radius 1 is 1.18 bits per heavy atom. The highest BCUT2D eigenvalue weighted by molar-refractivity contribution is 5.46. The van der Waals surface area contributed by atoms with Crippen molar-refractivity contribution in [3.63, 3.8) is 0 Å². The average molecular weight is 299 g/mol. The maximum Gasteiger partial charge on any atom is 0.178 e. The molecule has 3 aromatic rings. The number of hydrogen-bond donors (Lipinski definition) is 0. The Hall–Kier alpha value is -2.44. The van der Waals surface area contributed by atoms with Crippen LogP contribution in [0, 0.1) is 0 Å². The molecular formula is C15H21N7. The van der Waals surface area contributed by atoms with Crippen LogP contribution >= 0.6 is 0 Å². The van der Waals surface area contributed by atoms with E-state index in [1.807, 2.05) is 43.1 Å². The van der Waals surface area contributed by atoms with Crippen molar-refractivity contribution in [2.45, 2.75) is 32.7 Å². The topological polar surface area (TPSA) is 64.1 Å².